The number of thioether (sulfide) groups is 1. The smallest absolute Gasteiger partial charge is 0.416 e. The first-order valence-corrected chi connectivity index (χ1v) is 5.86. The Hall–Kier alpha value is -0.840. The van der Waals surface area contributed by atoms with Gasteiger partial charge >= 0.3 is 6.18 Å². The molecule has 0 spiro atoms. The van der Waals surface area contributed by atoms with Crippen LogP contribution in [0.2, 0.25) is 0 Å². The van der Waals surface area contributed by atoms with E-state index in [1.165, 1.54) is 23.9 Å². The van der Waals surface area contributed by atoms with Crippen molar-refractivity contribution >= 4 is 11.8 Å². The topological polar surface area (TPSA) is 20.2 Å². The van der Waals surface area contributed by atoms with Crippen molar-refractivity contribution in [1.82, 2.24) is 0 Å². The van der Waals surface area contributed by atoms with Crippen molar-refractivity contribution in [2.45, 2.75) is 31.0 Å². The van der Waals surface area contributed by atoms with E-state index < -0.39 is 11.7 Å². The van der Waals surface area contributed by atoms with Crippen LogP contribution in [0, 0.1) is 0 Å². The van der Waals surface area contributed by atoms with Crippen LogP contribution in [0.15, 0.2) is 18.2 Å². The first-order chi connectivity index (χ1) is 7.30. The van der Waals surface area contributed by atoms with Crippen LogP contribution in [0.1, 0.15) is 25.0 Å². The Morgan fingerprint density at radius 3 is 2.44 bits per heavy atom. The van der Waals surface area contributed by atoms with Crippen molar-refractivity contribution in [3.8, 4) is 5.75 Å². The largest absolute Gasteiger partial charge is 0.508 e. The van der Waals surface area contributed by atoms with E-state index in [2.05, 4.69) is 0 Å². The number of phenols is 1. The third-order valence-electron chi connectivity index (χ3n) is 1.97. The van der Waals surface area contributed by atoms with Crippen LogP contribution in [0.4, 0.5) is 13.2 Å². The van der Waals surface area contributed by atoms with E-state index >= 15 is 0 Å². The highest BCUT2D eigenvalue weighted by molar-refractivity contribution is 7.99. The molecule has 0 radical (unpaired) electrons. The minimum Gasteiger partial charge on any atom is -0.508 e. The van der Waals surface area contributed by atoms with Crippen LogP contribution in [-0.2, 0) is 11.9 Å². The van der Waals surface area contributed by atoms with Crippen molar-refractivity contribution in [2.75, 3.05) is 0 Å². The number of benzene rings is 1. The number of hydrogen-bond acceptors (Lipinski definition) is 2. The van der Waals surface area contributed by atoms with Crippen LogP contribution in [0.25, 0.3) is 0 Å². The van der Waals surface area contributed by atoms with Gasteiger partial charge in [0, 0.05) is 5.75 Å². The quantitative estimate of drug-likeness (QED) is 0.873. The number of phenolic OH excluding ortho intramolecular Hbond substituents is 1. The molecule has 0 unspecified atom stereocenters. The molecule has 90 valence electrons. The van der Waals surface area contributed by atoms with Gasteiger partial charge in [-0.2, -0.15) is 24.9 Å². The summed E-state index contributed by atoms with van der Waals surface area (Å²) in [5.41, 5.74) is -0.537. The SMILES string of the molecule is CC(C)SCc1ccc(O)cc1C(F)(F)F. The van der Waals surface area contributed by atoms with Crippen molar-refractivity contribution in [2.24, 2.45) is 0 Å². The van der Waals surface area contributed by atoms with Crippen molar-refractivity contribution in [3.05, 3.63) is 29.3 Å². The van der Waals surface area contributed by atoms with Gasteiger partial charge in [0.2, 0.25) is 0 Å². The fourth-order valence-corrected chi connectivity index (χ4v) is 1.98. The average molecular weight is 250 g/mol. The van der Waals surface area contributed by atoms with Gasteiger partial charge in [-0.15, -0.1) is 0 Å². The molecule has 0 atom stereocenters. The molecule has 1 N–H and O–H groups in total. The first-order valence-electron chi connectivity index (χ1n) is 4.81. The Bertz CT molecular complexity index is 361. The van der Waals surface area contributed by atoms with E-state index in [4.69, 9.17) is 5.11 Å². The van der Waals surface area contributed by atoms with E-state index in [0.29, 0.717) is 5.75 Å². The molecule has 1 nitrogen and oxygen atoms in total. The molecule has 0 heterocycles. The van der Waals surface area contributed by atoms with Gasteiger partial charge < -0.3 is 5.11 Å². The average Bonchev–Trinajstić information content (AvgIpc) is 2.14. The van der Waals surface area contributed by atoms with E-state index in [1.54, 1.807) is 0 Å². The number of hydrogen-bond donors (Lipinski definition) is 1. The fraction of sp³-hybridized carbons (Fsp3) is 0.455. The highest BCUT2D eigenvalue weighted by Crippen LogP contribution is 2.36. The molecule has 16 heavy (non-hydrogen) atoms. The lowest BCUT2D eigenvalue weighted by Crippen LogP contribution is -2.08. The zero-order valence-electron chi connectivity index (χ0n) is 9.01. The molecular formula is C11H13F3OS. The Labute approximate surface area is 96.7 Å². The Morgan fingerprint density at radius 1 is 1.31 bits per heavy atom. The predicted molar refractivity (Wildman–Crippen MR) is 59.5 cm³/mol. The maximum Gasteiger partial charge on any atom is 0.416 e. The molecular weight excluding hydrogens is 237 g/mol. The summed E-state index contributed by atoms with van der Waals surface area (Å²) >= 11 is 1.44. The molecule has 1 aromatic carbocycles. The summed E-state index contributed by atoms with van der Waals surface area (Å²) in [5.74, 6) is -0.0575. The van der Waals surface area contributed by atoms with Crippen LogP contribution in [0.3, 0.4) is 0 Å². The Kier molecular flexibility index (Phi) is 4.13. The second-order valence-corrected chi connectivity index (χ2v) is 5.26. The summed E-state index contributed by atoms with van der Waals surface area (Å²) in [4.78, 5) is 0. The van der Waals surface area contributed by atoms with Crippen molar-refractivity contribution < 1.29 is 18.3 Å². The maximum absolute atomic E-state index is 12.6. The third-order valence-corrected chi connectivity index (χ3v) is 3.12. The lowest BCUT2D eigenvalue weighted by atomic mass is 10.1. The van der Waals surface area contributed by atoms with Gasteiger partial charge in [0.05, 0.1) is 5.56 Å². The highest BCUT2D eigenvalue weighted by Gasteiger charge is 2.33. The molecule has 0 bridgehead atoms. The number of aromatic hydroxyl groups is 1. The van der Waals surface area contributed by atoms with E-state index in [1.807, 2.05) is 13.8 Å². The second kappa shape index (κ2) is 4.99. The fourth-order valence-electron chi connectivity index (χ4n) is 1.21. The number of alkyl halides is 3. The van der Waals surface area contributed by atoms with Gasteiger partial charge in [-0.05, 0) is 22.9 Å². The van der Waals surface area contributed by atoms with Crippen LogP contribution in [0.5, 0.6) is 5.75 Å². The molecule has 0 aliphatic carbocycles. The molecule has 0 aliphatic heterocycles. The predicted octanol–water partition coefficient (Wildman–Crippen LogP) is 4.05. The third kappa shape index (κ3) is 3.63. The van der Waals surface area contributed by atoms with Crippen molar-refractivity contribution in [1.29, 1.82) is 0 Å². The summed E-state index contributed by atoms with van der Waals surface area (Å²) < 4.78 is 37.9. The summed E-state index contributed by atoms with van der Waals surface area (Å²) in [5, 5.41) is 9.34. The van der Waals surface area contributed by atoms with Gasteiger partial charge in [-0.3, -0.25) is 0 Å². The van der Waals surface area contributed by atoms with Crippen LogP contribution >= 0.6 is 11.8 Å². The van der Waals surface area contributed by atoms with Gasteiger partial charge in [0.1, 0.15) is 5.75 Å². The van der Waals surface area contributed by atoms with Crippen LogP contribution in [-0.4, -0.2) is 10.4 Å². The number of rotatable bonds is 3. The highest BCUT2D eigenvalue weighted by atomic mass is 32.2. The maximum atomic E-state index is 12.6. The molecule has 1 rings (SSSR count). The molecule has 0 aromatic heterocycles. The summed E-state index contributed by atoms with van der Waals surface area (Å²) in [7, 11) is 0. The van der Waals surface area contributed by atoms with Gasteiger partial charge in [0.25, 0.3) is 0 Å². The molecule has 0 fully saturated rings. The molecule has 0 amide bonds. The minimum absolute atomic E-state index is 0.212. The summed E-state index contributed by atoms with van der Waals surface area (Å²) in [6, 6.07) is 3.38. The Morgan fingerprint density at radius 2 is 1.94 bits per heavy atom. The minimum atomic E-state index is -4.41. The zero-order valence-corrected chi connectivity index (χ0v) is 9.82. The molecule has 0 saturated carbocycles. The van der Waals surface area contributed by atoms with E-state index in [0.717, 1.165) is 6.07 Å². The lowest BCUT2D eigenvalue weighted by molar-refractivity contribution is -0.138. The van der Waals surface area contributed by atoms with E-state index in [9.17, 15) is 13.2 Å². The van der Waals surface area contributed by atoms with E-state index in [-0.39, 0.29) is 16.6 Å². The van der Waals surface area contributed by atoms with Crippen LogP contribution < -0.4 is 0 Å². The van der Waals surface area contributed by atoms with Gasteiger partial charge in [-0.1, -0.05) is 19.9 Å². The van der Waals surface area contributed by atoms with Gasteiger partial charge in [0.15, 0.2) is 0 Å². The standard InChI is InChI=1S/C11H13F3OS/c1-7(2)16-6-8-3-4-9(15)5-10(8)11(12,13)14/h3-5,7,15H,6H2,1-2H3. The molecule has 0 saturated heterocycles. The first kappa shape index (κ1) is 13.2. The normalized spacial score (nSPS) is 12.1. The lowest BCUT2D eigenvalue weighted by Gasteiger charge is -2.13. The zero-order chi connectivity index (χ0) is 12.3. The monoisotopic (exact) mass is 250 g/mol. The molecule has 0 aliphatic rings. The summed E-state index contributed by atoms with van der Waals surface area (Å²) in [6.07, 6.45) is -4.41. The Balaban J connectivity index is 2.99. The van der Waals surface area contributed by atoms with Gasteiger partial charge in [-0.25, -0.2) is 0 Å². The second-order valence-electron chi connectivity index (χ2n) is 3.70. The summed E-state index contributed by atoms with van der Waals surface area (Å²) in [6.45, 7) is 3.86. The molecule has 5 heteroatoms. The number of halogens is 3. The molecule has 1 aromatic rings. The van der Waals surface area contributed by atoms with Crippen molar-refractivity contribution in [3.63, 3.8) is 0 Å².